The van der Waals surface area contributed by atoms with E-state index in [2.05, 4.69) is 6.58 Å². The summed E-state index contributed by atoms with van der Waals surface area (Å²) < 4.78 is 11.3. The fourth-order valence-electron chi connectivity index (χ4n) is 2.46. The van der Waals surface area contributed by atoms with Crippen molar-refractivity contribution in [1.29, 1.82) is 0 Å². The van der Waals surface area contributed by atoms with Gasteiger partial charge in [0.15, 0.2) is 0 Å². The van der Waals surface area contributed by atoms with Crippen LogP contribution < -0.4 is 0 Å². The number of hydrogen-bond donors (Lipinski definition) is 0. The summed E-state index contributed by atoms with van der Waals surface area (Å²) in [6, 6.07) is -0.0580. The minimum atomic E-state index is -0.634. The smallest absolute Gasteiger partial charge is 0.413 e. The van der Waals surface area contributed by atoms with E-state index in [0.29, 0.717) is 12.5 Å². The fraction of sp³-hybridized carbons (Fsp3) is 0.800. The van der Waals surface area contributed by atoms with Crippen molar-refractivity contribution in [2.75, 3.05) is 6.61 Å². The van der Waals surface area contributed by atoms with Crippen LogP contribution in [0.1, 0.15) is 47.5 Å². The first kappa shape index (κ1) is 14.4. The van der Waals surface area contributed by atoms with E-state index < -0.39 is 11.3 Å². The molecule has 0 aromatic carbocycles. The van der Waals surface area contributed by atoms with Crippen LogP contribution in [0.5, 0.6) is 0 Å². The Hall–Kier alpha value is -1.03. The summed E-state index contributed by atoms with van der Waals surface area (Å²) in [4.78, 5) is 14.1. The van der Waals surface area contributed by atoms with E-state index >= 15 is 0 Å². The van der Waals surface area contributed by atoms with Gasteiger partial charge in [-0.25, -0.2) is 4.79 Å². The average Bonchev–Trinajstić information content (AvgIpc) is 2.99. The van der Waals surface area contributed by atoms with Crippen molar-refractivity contribution in [3.63, 3.8) is 0 Å². The molecule has 0 aromatic heterocycles. The second-order valence-electron chi connectivity index (χ2n) is 6.97. The van der Waals surface area contributed by atoms with Crippen LogP contribution in [0.15, 0.2) is 12.2 Å². The van der Waals surface area contributed by atoms with Crippen LogP contribution in [0.25, 0.3) is 0 Å². The second-order valence-corrected chi connectivity index (χ2v) is 6.97. The predicted octanol–water partition coefficient (Wildman–Crippen LogP) is 3.32. The van der Waals surface area contributed by atoms with Crippen molar-refractivity contribution in [2.24, 2.45) is 5.92 Å². The maximum absolute atomic E-state index is 12.4. The molecule has 1 saturated carbocycles. The van der Waals surface area contributed by atoms with E-state index in [1.165, 1.54) is 12.8 Å². The lowest BCUT2D eigenvalue weighted by atomic mass is 10.0. The SMILES string of the molecule is C=C(C1CC1)[C@H]1COC(C)(C)N1C(=O)OC(C)(C)C. The van der Waals surface area contributed by atoms with E-state index in [0.717, 1.165) is 5.57 Å². The summed E-state index contributed by atoms with van der Waals surface area (Å²) >= 11 is 0. The number of carbonyl (C=O) groups is 1. The molecule has 1 heterocycles. The van der Waals surface area contributed by atoms with Crippen molar-refractivity contribution in [3.05, 3.63) is 12.2 Å². The molecule has 2 rings (SSSR count). The minimum Gasteiger partial charge on any atom is -0.444 e. The van der Waals surface area contributed by atoms with Gasteiger partial charge < -0.3 is 9.47 Å². The van der Waals surface area contributed by atoms with Crippen molar-refractivity contribution in [3.8, 4) is 0 Å². The molecule has 4 nitrogen and oxygen atoms in total. The van der Waals surface area contributed by atoms with Crippen LogP contribution in [0.3, 0.4) is 0 Å². The molecule has 2 fully saturated rings. The predicted molar refractivity (Wildman–Crippen MR) is 73.8 cm³/mol. The topological polar surface area (TPSA) is 38.8 Å². The lowest BCUT2D eigenvalue weighted by Crippen LogP contribution is -2.50. The van der Waals surface area contributed by atoms with E-state index in [-0.39, 0.29) is 12.1 Å². The summed E-state index contributed by atoms with van der Waals surface area (Å²) in [5.74, 6) is 0.549. The van der Waals surface area contributed by atoms with Crippen molar-refractivity contribution >= 4 is 6.09 Å². The van der Waals surface area contributed by atoms with Crippen molar-refractivity contribution in [2.45, 2.75) is 64.8 Å². The van der Waals surface area contributed by atoms with E-state index in [1.807, 2.05) is 34.6 Å². The van der Waals surface area contributed by atoms with Gasteiger partial charge in [0.05, 0.1) is 12.6 Å². The highest BCUT2D eigenvalue weighted by Crippen LogP contribution is 2.42. The third kappa shape index (κ3) is 3.11. The highest BCUT2D eigenvalue weighted by molar-refractivity contribution is 5.70. The highest BCUT2D eigenvalue weighted by atomic mass is 16.6. The van der Waals surface area contributed by atoms with Crippen LogP contribution in [-0.4, -0.2) is 35.0 Å². The second kappa shape index (κ2) is 4.51. The standard InChI is InChI=1S/C15H25NO3/c1-10(11-7-8-11)12-9-18-15(5,6)16(12)13(17)19-14(2,3)4/h11-12H,1,7-9H2,2-6H3/t12-/m1/s1. The summed E-state index contributed by atoms with van der Waals surface area (Å²) in [6.07, 6.45) is 2.04. The first-order valence-corrected chi connectivity index (χ1v) is 6.97. The molecule has 0 radical (unpaired) electrons. The maximum Gasteiger partial charge on any atom is 0.413 e. The van der Waals surface area contributed by atoms with E-state index in [9.17, 15) is 4.79 Å². The fourth-order valence-corrected chi connectivity index (χ4v) is 2.46. The molecule has 1 aliphatic heterocycles. The van der Waals surface area contributed by atoms with Gasteiger partial charge in [-0.1, -0.05) is 6.58 Å². The molecule has 0 bridgehead atoms. The molecule has 0 N–H and O–H groups in total. The van der Waals surface area contributed by atoms with Gasteiger partial charge in [-0.15, -0.1) is 0 Å². The number of nitrogens with zero attached hydrogens (tertiary/aromatic N) is 1. The summed E-state index contributed by atoms with van der Waals surface area (Å²) in [7, 11) is 0. The zero-order valence-corrected chi connectivity index (χ0v) is 12.7. The zero-order chi connectivity index (χ0) is 14.4. The Morgan fingerprint density at radius 1 is 1.37 bits per heavy atom. The average molecular weight is 267 g/mol. The molecule has 1 amide bonds. The summed E-state index contributed by atoms with van der Waals surface area (Å²) in [5.41, 5.74) is -0.0251. The monoisotopic (exact) mass is 267 g/mol. The van der Waals surface area contributed by atoms with Crippen LogP contribution >= 0.6 is 0 Å². The summed E-state index contributed by atoms with van der Waals surface area (Å²) in [6.45, 7) is 14.1. The quantitative estimate of drug-likeness (QED) is 0.720. The van der Waals surface area contributed by atoms with Gasteiger partial charge in [0.2, 0.25) is 0 Å². The Labute approximate surface area is 115 Å². The molecule has 1 saturated heterocycles. The number of ether oxygens (including phenoxy) is 2. The van der Waals surface area contributed by atoms with Gasteiger partial charge in [0.1, 0.15) is 11.3 Å². The van der Waals surface area contributed by atoms with Crippen LogP contribution in [0.2, 0.25) is 0 Å². The number of rotatable bonds is 2. The maximum atomic E-state index is 12.4. The molecule has 1 aliphatic carbocycles. The normalized spacial score (nSPS) is 26.4. The zero-order valence-electron chi connectivity index (χ0n) is 12.7. The summed E-state index contributed by atoms with van der Waals surface area (Å²) in [5, 5.41) is 0. The number of hydrogen-bond acceptors (Lipinski definition) is 3. The molecule has 108 valence electrons. The van der Waals surface area contributed by atoms with E-state index in [1.54, 1.807) is 4.90 Å². The first-order valence-electron chi connectivity index (χ1n) is 6.97. The highest BCUT2D eigenvalue weighted by Gasteiger charge is 2.48. The molecule has 4 heteroatoms. The van der Waals surface area contributed by atoms with Gasteiger partial charge >= 0.3 is 6.09 Å². The van der Waals surface area contributed by atoms with Gasteiger partial charge in [-0.05, 0) is 59.0 Å². The lowest BCUT2D eigenvalue weighted by Gasteiger charge is -2.35. The molecule has 0 aromatic rings. The Morgan fingerprint density at radius 2 is 1.95 bits per heavy atom. The number of carbonyl (C=O) groups excluding carboxylic acids is 1. The van der Waals surface area contributed by atoms with Gasteiger partial charge in [-0.3, -0.25) is 4.90 Å². The molecular weight excluding hydrogens is 242 g/mol. The van der Waals surface area contributed by atoms with Crippen LogP contribution in [0.4, 0.5) is 4.79 Å². The first-order chi connectivity index (χ1) is 8.62. The third-order valence-electron chi connectivity index (χ3n) is 3.61. The lowest BCUT2D eigenvalue weighted by molar-refractivity contribution is -0.0614. The van der Waals surface area contributed by atoms with E-state index in [4.69, 9.17) is 9.47 Å². The largest absolute Gasteiger partial charge is 0.444 e. The Bertz CT molecular complexity index is 391. The van der Waals surface area contributed by atoms with Crippen LogP contribution in [0, 0.1) is 5.92 Å². The molecular formula is C15H25NO3. The Morgan fingerprint density at radius 3 is 2.42 bits per heavy atom. The minimum absolute atomic E-state index is 0.0580. The third-order valence-corrected chi connectivity index (χ3v) is 3.61. The Kier molecular flexibility index (Phi) is 3.42. The molecule has 1 atom stereocenters. The number of amides is 1. The molecule has 0 spiro atoms. The molecule has 0 unspecified atom stereocenters. The van der Waals surface area contributed by atoms with Crippen LogP contribution in [-0.2, 0) is 9.47 Å². The molecule has 19 heavy (non-hydrogen) atoms. The Balaban J connectivity index is 2.16. The van der Waals surface area contributed by atoms with Gasteiger partial charge in [-0.2, -0.15) is 0 Å². The molecule has 2 aliphatic rings. The van der Waals surface area contributed by atoms with Crippen molar-refractivity contribution in [1.82, 2.24) is 4.90 Å². The van der Waals surface area contributed by atoms with Gasteiger partial charge in [0.25, 0.3) is 0 Å². The van der Waals surface area contributed by atoms with Gasteiger partial charge in [0, 0.05) is 0 Å². The van der Waals surface area contributed by atoms with Crippen molar-refractivity contribution < 1.29 is 14.3 Å².